The lowest BCUT2D eigenvalue weighted by molar-refractivity contribution is 0.278. The Hall–Kier alpha value is -1.64. The van der Waals surface area contributed by atoms with Gasteiger partial charge < -0.3 is 10.2 Å². The summed E-state index contributed by atoms with van der Waals surface area (Å²) < 4.78 is 0. The van der Waals surface area contributed by atoms with Crippen LogP contribution in [0.3, 0.4) is 0 Å². The molecule has 0 aliphatic rings. The zero-order chi connectivity index (χ0) is 11.4. The number of aliphatic hydroxyl groups is 2. The highest BCUT2D eigenvalue weighted by molar-refractivity contribution is 5.84. The first-order chi connectivity index (χ1) is 7.83. The van der Waals surface area contributed by atoms with Crippen molar-refractivity contribution in [2.24, 2.45) is 0 Å². The number of benzene rings is 2. The highest BCUT2D eigenvalue weighted by Gasteiger charge is 1.96. The molecule has 0 aromatic heterocycles. The minimum absolute atomic E-state index is 0.108. The molecular weight excluding hydrogens is 200 g/mol. The molecule has 0 radical (unpaired) electrons. The first-order valence-corrected chi connectivity index (χ1v) is 5.23. The Bertz CT molecular complexity index is 509. The number of rotatable bonds is 3. The van der Waals surface area contributed by atoms with E-state index < -0.39 is 0 Å². The molecule has 2 N–H and O–H groups in total. The van der Waals surface area contributed by atoms with E-state index in [0.717, 1.165) is 10.9 Å². The lowest BCUT2D eigenvalue weighted by Crippen LogP contribution is -1.95. The maximum atomic E-state index is 8.97. The Morgan fingerprint density at radius 2 is 1.62 bits per heavy atom. The molecule has 82 valence electrons. The van der Waals surface area contributed by atoms with Crippen molar-refractivity contribution < 1.29 is 10.2 Å². The monoisotopic (exact) mass is 214 g/mol. The molecule has 0 aliphatic carbocycles. The van der Waals surface area contributed by atoms with Gasteiger partial charge in [-0.1, -0.05) is 42.5 Å². The first-order valence-electron chi connectivity index (χ1n) is 5.23. The van der Waals surface area contributed by atoms with Crippen molar-refractivity contribution in [2.75, 3.05) is 13.2 Å². The lowest BCUT2D eigenvalue weighted by atomic mass is 10.1. The fourth-order valence-corrected chi connectivity index (χ4v) is 1.67. The molecule has 2 aromatic carbocycles. The normalized spacial score (nSPS) is 10.4. The average Bonchev–Trinajstić information content (AvgIpc) is 2.35. The van der Waals surface area contributed by atoms with Gasteiger partial charge in [0.2, 0.25) is 0 Å². The largest absolute Gasteiger partial charge is 0.392 e. The molecule has 2 aromatic rings. The standard InChI is InChI=1S/C14H14O2/c15-9-12(10-16)7-11-5-6-13-3-1-2-4-14(13)8-11/h1-8,15-16H,9-10H2. The molecule has 0 amide bonds. The van der Waals surface area contributed by atoms with Crippen LogP contribution in [0, 0.1) is 0 Å². The molecule has 0 saturated heterocycles. The van der Waals surface area contributed by atoms with Crippen molar-refractivity contribution in [3.05, 3.63) is 53.6 Å². The van der Waals surface area contributed by atoms with Gasteiger partial charge in [-0.15, -0.1) is 0 Å². The summed E-state index contributed by atoms with van der Waals surface area (Å²) in [7, 11) is 0. The van der Waals surface area contributed by atoms with Crippen LogP contribution in [-0.4, -0.2) is 23.4 Å². The van der Waals surface area contributed by atoms with Gasteiger partial charge >= 0.3 is 0 Å². The van der Waals surface area contributed by atoms with E-state index in [4.69, 9.17) is 10.2 Å². The van der Waals surface area contributed by atoms with Crippen molar-refractivity contribution in [3.63, 3.8) is 0 Å². The third-order valence-corrected chi connectivity index (χ3v) is 2.55. The van der Waals surface area contributed by atoms with Gasteiger partial charge in [0.05, 0.1) is 13.2 Å². The van der Waals surface area contributed by atoms with Crippen LogP contribution in [0.1, 0.15) is 5.56 Å². The molecular formula is C14H14O2. The molecule has 0 unspecified atom stereocenters. The van der Waals surface area contributed by atoms with E-state index in [2.05, 4.69) is 6.07 Å². The second-order valence-corrected chi connectivity index (χ2v) is 3.73. The molecule has 16 heavy (non-hydrogen) atoms. The number of fused-ring (bicyclic) bond motifs is 1. The Labute approximate surface area is 94.5 Å². The zero-order valence-electron chi connectivity index (χ0n) is 8.93. The van der Waals surface area contributed by atoms with Crippen LogP contribution in [0.2, 0.25) is 0 Å². The molecule has 2 heteroatoms. The van der Waals surface area contributed by atoms with E-state index in [0.29, 0.717) is 5.57 Å². The molecule has 0 fully saturated rings. The lowest BCUT2D eigenvalue weighted by Gasteiger charge is -2.02. The second-order valence-electron chi connectivity index (χ2n) is 3.73. The van der Waals surface area contributed by atoms with Crippen LogP contribution in [0.25, 0.3) is 16.8 Å². The maximum absolute atomic E-state index is 8.97. The Kier molecular flexibility index (Phi) is 3.34. The zero-order valence-corrected chi connectivity index (χ0v) is 8.93. The van der Waals surface area contributed by atoms with Gasteiger partial charge in [0, 0.05) is 0 Å². The van der Waals surface area contributed by atoms with E-state index >= 15 is 0 Å². The predicted molar refractivity (Wildman–Crippen MR) is 66.1 cm³/mol. The van der Waals surface area contributed by atoms with Gasteiger partial charge in [-0.2, -0.15) is 0 Å². The van der Waals surface area contributed by atoms with Crippen LogP contribution in [0.5, 0.6) is 0 Å². The van der Waals surface area contributed by atoms with E-state index in [1.807, 2.05) is 42.5 Å². The molecule has 2 nitrogen and oxygen atoms in total. The fourth-order valence-electron chi connectivity index (χ4n) is 1.67. The average molecular weight is 214 g/mol. The van der Waals surface area contributed by atoms with Crippen LogP contribution in [0.15, 0.2) is 48.0 Å². The van der Waals surface area contributed by atoms with Gasteiger partial charge in [0.25, 0.3) is 0 Å². The summed E-state index contributed by atoms with van der Waals surface area (Å²) in [5, 5.41) is 20.3. The van der Waals surface area contributed by atoms with Crippen molar-refractivity contribution in [3.8, 4) is 0 Å². The Morgan fingerprint density at radius 1 is 0.938 bits per heavy atom. The van der Waals surface area contributed by atoms with Crippen molar-refractivity contribution in [2.45, 2.75) is 0 Å². The summed E-state index contributed by atoms with van der Waals surface area (Å²) in [4.78, 5) is 0. The van der Waals surface area contributed by atoms with Gasteiger partial charge in [-0.05, 0) is 28.0 Å². The third kappa shape index (κ3) is 2.30. The van der Waals surface area contributed by atoms with Crippen molar-refractivity contribution >= 4 is 16.8 Å². The summed E-state index contributed by atoms with van der Waals surface area (Å²) >= 11 is 0. The quantitative estimate of drug-likeness (QED) is 0.822. The summed E-state index contributed by atoms with van der Waals surface area (Å²) in [5.74, 6) is 0. The smallest absolute Gasteiger partial charge is 0.0667 e. The predicted octanol–water partition coefficient (Wildman–Crippen LogP) is 2.21. The summed E-state index contributed by atoms with van der Waals surface area (Å²) in [6.45, 7) is -0.216. The molecule has 0 saturated carbocycles. The highest BCUT2D eigenvalue weighted by atomic mass is 16.3. The van der Waals surface area contributed by atoms with E-state index in [9.17, 15) is 0 Å². The van der Waals surface area contributed by atoms with E-state index in [1.165, 1.54) is 5.39 Å². The number of hydrogen-bond donors (Lipinski definition) is 2. The number of aliphatic hydroxyl groups excluding tert-OH is 2. The minimum atomic E-state index is -0.108. The van der Waals surface area contributed by atoms with Crippen LogP contribution in [0.4, 0.5) is 0 Å². The van der Waals surface area contributed by atoms with Crippen LogP contribution < -0.4 is 0 Å². The van der Waals surface area contributed by atoms with Gasteiger partial charge in [0.1, 0.15) is 0 Å². The number of hydrogen-bond acceptors (Lipinski definition) is 2. The molecule has 0 bridgehead atoms. The van der Waals surface area contributed by atoms with Gasteiger partial charge in [-0.25, -0.2) is 0 Å². The molecule has 2 rings (SSSR count). The Morgan fingerprint density at radius 3 is 2.31 bits per heavy atom. The second kappa shape index (κ2) is 4.92. The summed E-state index contributed by atoms with van der Waals surface area (Å²) in [5.41, 5.74) is 1.62. The topological polar surface area (TPSA) is 40.5 Å². The van der Waals surface area contributed by atoms with E-state index in [-0.39, 0.29) is 13.2 Å². The first kappa shape index (κ1) is 10.9. The fraction of sp³-hybridized carbons (Fsp3) is 0.143. The molecule has 0 heterocycles. The summed E-state index contributed by atoms with van der Waals surface area (Å²) in [6.07, 6.45) is 1.81. The summed E-state index contributed by atoms with van der Waals surface area (Å²) in [6, 6.07) is 14.2. The molecule has 0 spiro atoms. The minimum Gasteiger partial charge on any atom is -0.392 e. The highest BCUT2D eigenvalue weighted by Crippen LogP contribution is 2.17. The van der Waals surface area contributed by atoms with Gasteiger partial charge in [0.15, 0.2) is 0 Å². The maximum Gasteiger partial charge on any atom is 0.0667 e. The van der Waals surface area contributed by atoms with Crippen molar-refractivity contribution in [1.82, 2.24) is 0 Å². The third-order valence-electron chi connectivity index (χ3n) is 2.55. The van der Waals surface area contributed by atoms with E-state index in [1.54, 1.807) is 0 Å². The molecule has 0 aliphatic heterocycles. The van der Waals surface area contributed by atoms with Gasteiger partial charge in [-0.3, -0.25) is 0 Å². The Balaban J connectivity index is 2.43. The van der Waals surface area contributed by atoms with Crippen LogP contribution in [-0.2, 0) is 0 Å². The van der Waals surface area contributed by atoms with Crippen molar-refractivity contribution in [1.29, 1.82) is 0 Å². The molecule has 0 atom stereocenters. The SMILES string of the molecule is OCC(=Cc1ccc2ccccc2c1)CO. The van der Waals surface area contributed by atoms with Crippen LogP contribution >= 0.6 is 0 Å².